The lowest BCUT2D eigenvalue weighted by Crippen LogP contribution is -2.03. The number of aliphatic carboxylic acids is 1. The Bertz CT molecular complexity index is 803. The molecule has 0 aromatic heterocycles. The van der Waals surface area contributed by atoms with Gasteiger partial charge in [-0.25, -0.2) is 4.79 Å². The lowest BCUT2D eigenvalue weighted by atomic mass is 10.1. The van der Waals surface area contributed by atoms with Crippen molar-refractivity contribution in [3.05, 3.63) is 63.6 Å². The SMILES string of the molecule is O=C(O)CON=Cc1ccc(C#CCOc2cc(Cl)cc(Cl)c2)cc1. The molecule has 0 unspecified atom stereocenters. The van der Waals surface area contributed by atoms with Gasteiger partial charge in [0.2, 0.25) is 6.61 Å². The second kappa shape index (κ2) is 9.58. The van der Waals surface area contributed by atoms with Gasteiger partial charge in [0.15, 0.2) is 0 Å². The first-order valence-electron chi connectivity index (χ1n) is 7.08. The summed E-state index contributed by atoms with van der Waals surface area (Å²) in [6.45, 7) is -0.277. The van der Waals surface area contributed by atoms with E-state index in [1.54, 1.807) is 30.3 Å². The molecular formula is C18H13Cl2NO4. The van der Waals surface area contributed by atoms with Gasteiger partial charge in [-0.2, -0.15) is 0 Å². The Kier molecular flexibility index (Phi) is 7.15. The van der Waals surface area contributed by atoms with E-state index in [9.17, 15) is 4.79 Å². The summed E-state index contributed by atoms with van der Waals surface area (Å²) in [7, 11) is 0. The standard InChI is InChI=1S/C18H13Cl2NO4/c19-15-8-16(20)10-17(9-15)24-7-1-2-13-3-5-14(6-4-13)11-21-25-12-18(22)23/h3-6,8-11H,7,12H2,(H,22,23). The maximum atomic E-state index is 10.3. The molecule has 0 saturated heterocycles. The fourth-order valence-corrected chi connectivity index (χ4v) is 2.22. The average molecular weight is 378 g/mol. The molecule has 0 heterocycles. The fraction of sp³-hybridized carbons (Fsp3) is 0.111. The van der Waals surface area contributed by atoms with E-state index in [4.69, 9.17) is 33.0 Å². The molecule has 25 heavy (non-hydrogen) atoms. The minimum absolute atomic E-state index is 0.197. The number of hydrogen-bond donors (Lipinski definition) is 1. The van der Waals surface area contributed by atoms with Gasteiger partial charge >= 0.3 is 5.97 Å². The highest BCUT2D eigenvalue weighted by molar-refractivity contribution is 6.34. The third-order valence-corrected chi connectivity index (χ3v) is 3.19. The maximum Gasteiger partial charge on any atom is 0.344 e. The van der Waals surface area contributed by atoms with Crippen molar-refractivity contribution in [3.8, 4) is 17.6 Å². The Balaban J connectivity index is 1.85. The number of carboxylic acids is 1. The van der Waals surface area contributed by atoms with Crippen molar-refractivity contribution < 1.29 is 19.5 Å². The van der Waals surface area contributed by atoms with Gasteiger partial charge in [-0.15, -0.1) is 0 Å². The zero-order valence-corrected chi connectivity index (χ0v) is 14.4. The van der Waals surface area contributed by atoms with Crippen molar-refractivity contribution in [2.24, 2.45) is 5.16 Å². The minimum atomic E-state index is -1.08. The molecule has 0 saturated carbocycles. The van der Waals surface area contributed by atoms with Gasteiger partial charge < -0.3 is 14.7 Å². The van der Waals surface area contributed by atoms with Gasteiger partial charge in [0.25, 0.3) is 0 Å². The van der Waals surface area contributed by atoms with E-state index in [1.165, 1.54) is 6.21 Å². The maximum absolute atomic E-state index is 10.3. The number of benzene rings is 2. The summed E-state index contributed by atoms with van der Waals surface area (Å²) < 4.78 is 5.47. The summed E-state index contributed by atoms with van der Waals surface area (Å²) in [6.07, 6.45) is 1.42. The molecule has 0 aliphatic rings. The lowest BCUT2D eigenvalue weighted by Gasteiger charge is -2.02. The van der Waals surface area contributed by atoms with Gasteiger partial charge in [-0.1, -0.05) is 52.3 Å². The number of carbonyl (C=O) groups is 1. The van der Waals surface area contributed by atoms with Crippen molar-refractivity contribution in [1.29, 1.82) is 0 Å². The molecule has 0 radical (unpaired) electrons. The van der Waals surface area contributed by atoms with Gasteiger partial charge in [0.1, 0.15) is 12.4 Å². The summed E-state index contributed by atoms with van der Waals surface area (Å²) in [5, 5.41) is 13.0. The van der Waals surface area contributed by atoms with Crippen LogP contribution in [0.2, 0.25) is 10.0 Å². The first-order valence-corrected chi connectivity index (χ1v) is 7.83. The summed E-state index contributed by atoms with van der Waals surface area (Å²) in [5.41, 5.74) is 1.57. The van der Waals surface area contributed by atoms with E-state index in [0.29, 0.717) is 15.8 Å². The lowest BCUT2D eigenvalue weighted by molar-refractivity contribution is -0.142. The Morgan fingerprint density at radius 3 is 2.48 bits per heavy atom. The predicted molar refractivity (Wildman–Crippen MR) is 96.5 cm³/mol. The molecule has 5 nitrogen and oxygen atoms in total. The van der Waals surface area contributed by atoms with Crippen molar-refractivity contribution in [3.63, 3.8) is 0 Å². The highest BCUT2D eigenvalue weighted by atomic mass is 35.5. The van der Waals surface area contributed by atoms with Crippen LogP contribution in [0.1, 0.15) is 11.1 Å². The van der Waals surface area contributed by atoms with Crippen LogP contribution in [-0.2, 0) is 9.63 Å². The predicted octanol–water partition coefficient (Wildman–Crippen LogP) is 3.86. The number of halogens is 2. The van der Waals surface area contributed by atoms with E-state index in [0.717, 1.165) is 11.1 Å². The third kappa shape index (κ3) is 7.17. The quantitative estimate of drug-likeness (QED) is 0.471. The number of nitrogens with zero attached hydrogens (tertiary/aromatic N) is 1. The van der Waals surface area contributed by atoms with Crippen LogP contribution < -0.4 is 4.74 Å². The first-order chi connectivity index (χ1) is 12.0. The monoisotopic (exact) mass is 377 g/mol. The zero-order valence-electron chi connectivity index (χ0n) is 12.9. The van der Waals surface area contributed by atoms with E-state index in [1.807, 2.05) is 12.1 Å². The van der Waals surface area contributed by atoms with Crippen LogP contribution in [0.5, 0.6) is 5.75 Å². The molecular weight excluding hydrogens is 365 g/mol. The molecule has 0 spiro atoms. The third-order valence-electron chi connectivity index (χ3n) is 2.75. The van der Waals surface area contributed by atoms with Crippen LogP contribution in [0.4, 0.5) is 0 Å². The van der Waals surface area contributed by atoms with Crippen molar-refractivity contribution >= 4 is 35.4 Å². The van der Waals surface area contributed by atoms with Crippen LogP contribution in [0, 0.1) is 11.8 Å². The number of rotatable bonds is 6. The number of ether oxygens (including phenoxy) is 1. The molecule has 0 aliphatic carbocycles. The topological polar surface area (TPSA) is 68.1 Å². The zero-order chi connectivity index (χ0) is 18.1. The van der Waals surface area contributed by atoms with Crippen LogP contribution in [0.25, 0.3) is 0 Å². The van der Waals surface area contributed by atoms with E-state index in [-0.39, 0.29) is 6.61 Å². The first kappa shape index (κ1) is 18.7. The van der Waals surface area contributed by atoms with Crippen LogP contribution in [0.15, 0.2) is 47.6 Å². The molecule has 128 valence electrons. The van der Waals surface area contributed by atoms with Gasteiger partial charge in [0, 0.05) is 15.6 Å². The Morgan fingerprint density at radius 2 is 1.84 bits per heavy atom. The highest BCUT2D eigenvalue weighted by Gasteiger charge is 1.98. The summed E-state index contributed by atoms with van der Waals surface area (Å²) in [4.78, 5) is 14.8. The Morgan fingerprint density at radius 1 is 1.16 bits per heavy atom. The largest absolute Gasteiger partial charge is 0.481 e. The van der Waals surface area contributed by atoms with Gasteiger partial charge in [0.05, 0.1) is 6.21 Å². The van der Waals surface area contributed by atoms with Crippen LogP contribution in [-0.4, -0.2) is 30.5 Å². The molecule has 0 fully saturated rings. The van der Waals surface area contributed by atoms with E-state index < -0.39 is 12.6 Å². The normalized spacial score (nSPS) is 10.2. The highest BCUT2D eigenvalue weighted by Crippen LogP contribution is 2.23. The van der Waals surface area contributed by atoms with E-state index in [2.05, 4.69) is 21.8 Å². The smallest absolute Gasteiger partial charge is 0.344 e. The second-order valence-electron chi connectivity index (χ2n) is 4.72. The van der Waals surface area contributed by atoms with Crippen LogP contribution >= 0.6 is 23.2 Å². The van der Waals surface area contributed by atoms with Crippen molar-refractivity contribution in [2.45, 2.75) is 0 Å². The second-order valence-corrected chi connectivity index (χ2v) is 5.59. The summed E-state index contributed by atoms with van der Waals surface area (Å²) in [5.74, 6) is 5.33. The Hall–Kier alpha value is -2.68. The molecule has 7 heteroatoms. The number of hydrogen-bond acceptors (Lipinski definition) is 4. The molecule has 0 bridgehead atoms. The molecule has 1 N–H and O–H groups in total. The number of carboxylic acid groups (broad SMARTS) is 1. The van der Waals surface area contributed by atoms with Crippen LogP contribution in [0.3, 0.4) is 0 Å². The van der Waals surface area contributed by atoms with E-state index >= 15 is 0 Å². The fourth-order valence-electron chi connectivity index (χ4n) is 1.71. The average Bonchev–Trinajstić information content (AvgIpc) is 2.56. The molecule has 2 aromatic rings. The molecule has 2 aromatic carbocycles. The summed E-state index contributed by atoms with van der Waals surface area (Å²) >= 11 is 11.8. The van der Waals surface area contributed by atoms with Crippen molar-refractivity contribution in [2.75, 3.05) is 13.2 Å². The molecule has 0 atom stereocenters. The van der Waals surface area contributed by atoms with Gasteiger partial charge in [-0.3, -0.25) is 0 Å². The molecule has 0 amide bonds. The number of oxime groups is 1. The molecule has 0 aliphatic heterocycles. The Labute approximate surface area is 154 Å². The van der Waals surface area contributed by atoms with Gasteiger partial charge in [-0.05, 0) is 35.9 Å². The minimum Gasteiger partial charge on any atom is -0.481 e. The molecule has 2 rings (SSSR count). The summed E-state index contributed by atoms with van der Waals surface area (Å²) in [6, 6.07) is 12.1. The van der Waals surface area contributed by atoms with Crippen molar-refractivity contribution in [1.82, 2.24) is 0 Å².